The number of Topliss-reactive ketones (excluding diaryl/α,β-unsaturated/α-hetero) is 1. The van der Waals surface area contributed by atoms with E-state index in [1.54, 1.807) is 36.1 Å². The van der Waals surface area contributed by atoms with E-state index in [1.807, 2.05) is 25.1 Å². The zero-order valence-electron chi connectivity index (χ0n) is 17.7. The van der Waals surface area contributed by atoms with Crippen LogP contribution < -0.4 is 0 Å². The normalized spacial score (nSPS) is 17.2. The predicted molar refractivity (Wildman–Crippen MR) is 117 cm³/mol. The second kappa shape index (κ2) is 9.66. The first-order valence-electron chi connectivity index (χ1n) is 10.3. The maximum atomic E-state index is 12.8. The molecule has 2 atom stereocenters. The number of hydrogen-bond donors (Lipinski definition) is 2. The van der Waals surface area contributed by atoms with Gasteiger partial charge < -0.3 is 20.3 Å². The SMILES string of the molecule is CC(=N)CC(O)c1ccc(C(=O)C(=O)N2CCN(C(=O)c3ccccc3)C[C@H]2C)cc1. The quantitative estimate of drug-likeness (QED) is 0.425. The molecule has 2 aromatic carbocycles. The molecule has 1 aliphatic heterocycles. The summed E-state index contributed by atoms with van der Waals surface area (Å²) in [4.78, 5) is 41.4. The molecule has 1 heterocycles. The van der Waals surface area contributed by atoms with Gasteiger partial charge in [-0.2, -0.15) is 0 Å². The molecule has 2 N–H and O–H groups in total. The fourth-order valence-electron chi connectivity index (χ4n) is 3.73. The number of aliphatic hydroxyl groups excluding tert-OH is 1. The fraction of sp³-hybridized carbons (Fsp3) is 0.333. The van der Waals surface area contributed by atoms with Gasteiger partial charge in [-0.15, -0.1) is 0 Å². The Bertz CT molecular complexity index is 972. The van der Waals surface area contributed by atoms with E-state index < -0.39 is 17.8 Å². The first-order chi connectivity index (χ1) is 14.8. The third-order valence-electron chi connectivity index (χ3n) is 5.45. The molecular weight excluding hydrogens is 394 g/mol. The number of rotatable bonds is 6. The van der Waals surface area contributed by atoms with Crippen molar-refractivity contribution in [1.82, 2.24) is 9.80 Å². The van der Waals surface area contributed by atoms with Gasteiger partial charge in [0.1, 0.15) is 0 Å². The van der Waals surface area contributed by atoms with Gasteiger partial charge in [-0.3, -0.25) is 14.4 Å². The minimum absolute atomic E-state index is 0.0832. The number of hydrogen-bond acceptors (Lipinski definition) is 5. The zero-order chi connectivity index (χ0) is 22.5. The third-order valence-corrected chi connectivity index (χ3v) is 5.45. The van der Waals surface area contributed by atoms with Crippen molar-refractivity contribution in [2.75, 3.05) is 19.6 Å². The highest BCUT2D eigenvalue weighted by molar-refractivity contribution is 6.42. The zero-order valence-corrected chi connectivity index (χ0v) is 17.7. The monoisotopic (exact) mass is 421 g/mol. The van der Waals surface area contributed by atoms with Crippen molar-refractivity contribution >= 4 is 23.3 Å². The van der Waals surface area contributed by atoms with Crippen molar-refractivity contribution in [3.05, 3.63) is 71.3 Å². The summed E-state index contributed by atoms with van der Waals surface area (Å²) in [5.41, 5.74) is 1.81. The molecule has 1 unspecified atom stereocenters. The molecule has 0 spiro atoms. The van der Waals surface area contributed by atoms with Crippen LogP contribution in [0.4, 0.5) is 0 Å². The van der Waals surface area contributed by atoms with Gasteiger partial charge in [0.15, 0.2) is 0 Å². The highest BCUT2D eigenvalue weighted by atomic mass is 16.3. The Kier molecular flexibility index (Phi) is 6.97. The van der Waals surface area contributed by atoms with Gasteiger partial charge in [-0.1, -0.05) is 42.5 Å². The lowest BCUT2D eigenvalue weighted by molar-refractivity contribution is -0.130. The number of aliphatic hydroxyl groups is 1. The Balaban J connectivity index is 1.63. The van der Waals surface area contributed by atoms with Crippen LogP contribution in [0.2, 0.25) is 0 Å². The van der Waals surface area contributed by atoms with E-state index in [-0.39, 0.29) is 23.9 Å². The smallest absolute Gasteiger partial charge is 0.295 e. The summed E-state index contributed by atoms with van der Waals surface area (Å²) in [5, 5.41) is 17.6. The van der Waals surface area contributed by atoms with Crippen LogP contribution in [0.15, 0.2) is 54.6 Å². The van der Waals surface area contributed by atoms with Crippen molar-refractivity contribution in [3.63, 3.8) is 0 Å². The fourth-order valence-corrected chi connectivity index (χ4v) is 3.73. The summed E-state index contributed by atoms with van der Waals surface area (Å²) in [6, 6.07) is 15.0. The Hall–Kier alpha value is -3.32. The summed E-state index contributed by atoms with van der Waals surface area (Å²) in [7, 11) is 0. The molecule has 1 saturated heterocycles. The molecule has 1 fully saturated rings. The molecule has 2 amide bonds. The molecule has 0 radical (unpaired) electrons. The molecule has 0 bridgehead atoms. The molecule has 7 nitrogen and oxygen atoms in total. The van der Waals surface area contributed by atoms with Gasteiger partial charge in [0.05, 0.1) is 6.10 Å². The Morgan fingerprint density at radius 2 is 1.68 bits per heavy atom. The average molecular weight is 421 g/mol. The Morgan fingerprint density at radius 1 is 1.03 bits per heavy atom. The number of amides is 2. The molecule has 2 aromatic rings. The number of ketones is 1. The lowest BCUT2D eigenvalue weighted by Gasteiger charge is -2.39. The Morgan fingerprint density at radius 3 is 2.26 bits per heavy atom. The van der Waals surface area contributed by atoms with Gasteiger partial charge in [-0.25, -0.2) is 0 Å². The van der Waals surface area contributed by atoms with Crippen molar-refractivity contribution in [1.29, 1.82) is 5.41 Å². The lowest BCUT2D eigenvalue weighted by atomic mass is 10.0. The highest BCUT2D eigenvalue weighted by Gasteiger charge is 2.33. The van der Waals surface area contributed by atoms with Crippen LogP contribution in [-0.4, -0.2) is 63.9 Å². The van der Waals surface area contributed by atoms with E-state index in [0.717, 1.165) is 0 Å². The largest absolute Gasteiger partial charge is 0.388 e. The van der Waals surface area contributed by atoms with Crippen LogP contribution in [0.3, 0.4) is 0 Å². The standard InChI is InChI=1S/C24H27N3O4/c1-16(25)14-21(28)18-8-10-19(11-9-18)22(29)24(31)27-13-12-26(15-17(27)2)23(30)20-6-4-3-5-7-20/h3-11,17,21,25,28H,12-15H2,1-2H3/t17-,21?/m1/s1. The summed E-state index contributed by atoms with van der Waals surface area (Å²) in [6.45, 7) is 4.47. The second-order valence-electron chi connectivity index (χ2n) is 7.92. The predicted octanol–water partition coefficient (Wildman–Crippen LogP) is 2.71. The van der Waals surface area contributed by atoms with Crippen molar-refractivity contribution in [3.8, 4) is 0 Å². The topological polar surface area (TPSA) is 102 Å². The number of piperazine rings is 1. The number of nitrogens with one attached hydrogen (secondary N) is 1. The van der Waals surface area contributed by atoms with Gasteiger partial charge >= 0.3 is 0 Å². The first-order valence-corrected chi connectivity index (χ1v) is 10.3. The molecule has 162 valence electrons. The molecule has 3 rings (SSSR count). The average Bonchev–Trinajstić information content (AvgIpc) is 2.77. The Labute approximate surface area is 181 Å². The number of benzene rings is 2. The summed E-state index contributed by atoms with van der Waals surface area (Å²) in [6.07, 6.45) is -0.594. The minimum Gasteiger partial charge on any atom is -0.388 e. The van der Waals surface area contributed by atoms with Gasteiger partial charge in [-0.05, 0) is 31.5 Å². The van der Waals surface area contributed by atoms with Crippen molar-refractivity contribution in [2.45, 2.75) is 32.4 Å². The van der Waals surface area contributed by atoms with Crippen molar-refractivity contribution in [2.24, 2.45) is 0 Å². The van der Waals surface area contributed by atoms with Crippen LogP contribution in [0.25, 0.3) is 0 Å². The molecule has 7 heteroatoms. The van der Waals surface area contributed by atoms with Gasteiger partial charge in [0.25, 0.3) is 11.8 Å². The number of carbonyl (C=O) groups is 3. The van der Waals surface area contributed by atoms with Crippen LogP contribution in [0.1, 0.15) is 52.7 Å². The van der Waals surface area contributed by atoms with E-state index in [0.29, 0.717) is 36.5 Å². The lowest BCUT2D eigenvalue weighted by Crippen LogP contribution is -2.56. The second-order valence-corrected chi connectivity index (χ2v) is 7.92. The minimum atomic E-state index is -0.812. The third kappa shape index (κ3) is 5.24. The van der Waals surface area contributed by atoms with Crippen molar-refractivity contribution < 1.29 is 19.5 Å². The van der Waals surface area contributed by atoms with E-state index in [2.05, 4.69) is 0 Å². The van der Waals surface area contributed by atoms with E-state index in [1.165, 1.54) is 17.0 Å². The van der Waals surface area contributed by atoms with Crippen LogP contribution in [-0.2, 0) is 4.79 Å². The summed E-state index contributed by atoms with van der Waals surface area (Å²) < 4.78 is 0. The molecular formula is C24H27N3O4. The van der Waals surface area contributed by atoms with Crippen LogP contribution in [0, 0.1) is 5.41 Å². The van der Waals surface area contributed by atoms with Gasteiger partial charge in [0, 0.05) is 48.9 Å². The summed E-state index contributed by atoms with van der Waals surface area (Å²) in [5.74, 6) is -1.29. The number of carbonyl (C=O) groups excluding carboxylic acids is 3. The molecule has 31 heavy (non-hydrogen) atoms. The highest BCUT2D eigenvalue weighted by Crippen LogP contribution is 2.19. The number of nitrogens with zero attached hydrogens (tertiary/aromatic N) is 2. The van der Waals surface area contributed by atoms with Crippen LogP contribution in [0.5, 0.6) is 0 Å². The molecule has 1 aliphatic rings. The molecule has 0 aliphatic carbocycles. The van der Waals surface area contributed by atoms with E-state index in [9.17, 15) is 19.5 Å². The van der Waals surface area contributed by atoms with E-state index in [4.69, 9.17) is 5.41 Å². The van der Waals surface area contributed by atoms with Crippen LogP contribution >= 0.6 is 0 Å². The first kappa shape index (κ1) is 22.4. The molecule has 0 aromatic heterocycles. The van der Waals surface area contributed by atoms with E-state index >= 15 is 0 Å². The maximum absolute atomic E-state index is 12.8. The molecule has 0 saturated carbocycles. The maximum Gasteiger partial charge on any atom is 0.295 e. The van der Waals surface area contributed by atoms with Gasteiger partial charge in [0.2, 0.25) is 5.78 Å². The summed E-state index contributed by atoms with van der Waals surface area (Å²) >= 11 is 0.